The molecule has 1 aliphatic rings. The molecule has 0 amide bonds. The van der Waals surface area contributed by atoms with Crippen molar-refractivity contribution in [2.75, 3.05) is 24.6 Å². The minimum Gasteiger partial charge on any atom is -0.393 e. The molecule has 0 bridgehead atoms. The maximum Gasteiger partial charge on any atom is 0.176 e. The van der Waals surface area contributed by atoms with Gasteiger partial charge in [0.05, 0.1) is 13.2 Å². The maximum atomic E-state index is 14.2. The number of aromatic nitrogens is 4. The Labute approximate surface area is 109 Å². The molecule has 1 N–H and O–H groups in total. The van der Waals surface area contributed by atoms with E-state index in [1.165, 1.54) is 4.63 Å². The van der Waals surface area contributed by atoms with Crippen LogP contribution in [0.5, 0.6) is 0 Å². The van der Waals surface area contributed by atoms with E-state index in [4.69, 9.17) is 5.11 Å². The standard InChI is InChI=1S/C12H16FN5O/c1-9-14-10-3-4-11(16-18(10)15-9)17-6-2-5-12(13,7-17)8-19/h3-4,19H,2,5-8H2,1H3. The smallest absolute Gasteiger partial charge is 0.176 e. The van der Waals surface area contributed by atoms with E-state index in [0.29, 0.717) is 30.1 Å². The summed E-state index contributed by atoms with van der Waals surface area (Å²) in [6.07, 6.45) is 1.10. The first kappa shape index (κ1) is 12.3. The minimum atomic E-state index is -1.53. The molecule has 2 aromatic heterocycles. The Morgan fingerprint density at radius 1 is 1.42 bits per heavy atom. The summed E-state index contributed by atoms with van der Waals surface area (Å²) in [6, 6.07) is 3.63. The highest BCUT2D eigenvalue weighted by molar-refractivity contribution is 5.46. The summed E-state index contributed by atoms with van der Waals surface area (Å²) in [5.41, 5.74) is -0.861. The lowest BCUT2D eigenvalue weighted by Gasteiger charge is -2.36. The van der Waals surface area contributed by atoms with E-state index in [-0.39, 0.29) is 6.54 Å². The monoisotopic (exact) mass is 265 g/mol. The van der Waals surface area contributed by atoms with Crippen molar-refractivity contribution in [1.82, 2.24) is 19.8 Å². The predicted octanol–water partition coefficient (Wildman–Crippen LogP) is 0.734. The first-order valence-electron chi connectivity index (χ1n) is 6.35. The third-order valence-corrected chi connectivity index (χ3v) is 3.43. The summed E-state index contributed by atoms with van der Waals surface area (Å²) in [6.45, 7) is 2.25. The average Bonchev–Trinajstić information content (AvgIpc) is 2.78. The third-order valence-electron chi connectivity index (χ3n) is 3.43. The van der Waals surface area contributed by atoms with E-state index in [1.807, 2.05) is 17.0 Å². The highest BCUT2D eigenvalue weighted by Gasteiger charge is 2.35. The van der Waals surface area contributed by atoms with Crippen LogP contribution in [0, 0.1) is 6.92 Å². The van der Waals surface area contributed by atoms with Gasteiger partial charge in [0.2, 0.25) is 0 Å². The van der Waals surface area contributed by atoms with Crippen LogP contribution in [-0.2, 0) is 0 Å². The Morgan fingerprint density at radius 3 is 3.05 bits per heavy atom. The van der Waals surface area contributed by atoms with Gasteiger partial charge in [-0.1, -0.05) is 0 Å². The van der Waals surface area contributed by atoms with E-state index < -0.39 is 12.3 Å². The predicted molar refractivity (Wildman–Crippen MR) is 67.9 cm³/mol. The molecule has 6 nitrogen and oxygen atoms in total. The van der Waals surface area contributed by atoms with Gasteiger partial charge in [0.15, 0.2) is 17.1 Å². The molecular formula is C12H16FN5O. The molecule has 2 aromatic rings. The van der Waals surface area contributed by atoms with E-state index in [2.05, 4.69) is 15.2 Å². The molecule has 1 saturated heterocycles. The van der Waals surface area contributed by atoms with Gasteiger partial charge in [-0.3, -0.25) is 0 Å². The molecular weight excluding hydrogens is 249 g/mol. The fourth-order valence-corrected chi connectivity index (χ4v) is 2.46. The number of aliphatic hydroxyl groups is 1. The number of halogens is 1. The number of rotatable bonds is 2. The molecule has 0 saturated carbocycles. The largest absolute Gasteiger partial charge is 0.393 e. The molecule has 19 heavy (non-hydrogen) atoms. The average molecular weight is 265 g/mol. The van der Waals surface area contributed by atoms with Gasteiger partial charge >= 0.3 is 0 Å². The van der Waals surface area contributed by atoms with Crippen molar-refractivity contribution in [1.29, 1.82) is 0 Å². The Hall–Kier alpha value is -1.76. The van der Waals surface area contributed by atoms with Crippen LogP contribution in [0.3, 0.4) is 0 Å². The number of hydrogen-bond donors (Lipinski definition) is 1. The highest BCUT2D eigenvalue weighted by Crippen LogP contribution is 2.27. The van der Waals surface area contributed by atoms with Gasteiger partial charge in [0.1, 0.15) is 5.82 Å². The van der Waals surface area contributed by atoms with Crippen molar-refractivity contribution in [3.05, 3.63) is 18.0 Å². The van der Waals surface area contributed by atoms with Crippen LogP contribution in [0.15, 0.2) is 12.1 Å². The normalized spacial score (nSPS) is 24.1. The number of piperidine rings is 1. The SMILES string of the molecule is Cc1nc2ccc(N3CCCC(F)(CO)C3)nn2n1. The Kier molecular flexibility index (Phi) is 2.85. The summed E-state index contributed by atoms with van der Waals surface area (Å²) >= 11 is 0. The molecule has 1 fully saturated rings. The van der Waals surface area contributed by atoms with Crippen LogP contribution in [0.4, 0.5) is 10.2 Å². The van der Waals surface area contributed by atoms with Crippen molar-refractivity contribution in [3.63, 3.8) is 0 Å². The van der Waals surface area contributed by atoms with Gasteiger partial charge in [0, 0.05) is 6.54 Å². The number of nitrogens with zero attached hydrogens (tertiary/aromatic N) is 5. The lowest BCUT2D eigenvalue weighted by atomic mass is 9.96. The Morgan fingerprint density at radius 2 is 2.26 bits per heavy atom. The van der Waals surface area contributed by atoms with Crippen molar-refractivity contribution < 1.29 is 9.50 Å². The second-order valence-corrected chi connectivity index (χ2v) is 5.03. The number of anilines is 1. The van der Waals surface area contributed by atoms with Gasteiger partial charge in [-0.25, -0.2) is 9.37 Å². The molecule has 0 radical (unpaired) electrons. The topological polar surface area (TPSA) is 66.5 Å². The Balaban J connectivity index is 1.90. The summed E-state index contributed by atoms with van der Waals surface area (Å²) in [5.74, 6) is 1.31. The quantitative estimate of drug-likeness (QED) is 0.867. The first-order chi connectivity index (χ1) is 9.09. The van der Waals surface area contributed by atoms with Gasteiger partial charge < -0.3 is 10.0 Å². The van der Waals surface area contributed by atoms with Crippen molar-refractivity contribution in [2.45, 2.75) is 25.4 Å². The molecule has 1 aliphatic heterocycles. The fraction of sp³-hybridized carbons (Fsp3) is 0.583. The molecule has 1 unspecified atom stereocenters. The van der Waals surface area contributed by atoms with Crippen molar-refractivity contribution in [3.8, 4) is 0 Å². The summed E-state index contributed by atoms with van der Waals surface area (Å²) < 4.78 is 15.7. The van der Waals surface area contributed by atoms with Crippen LogP contribution in [0.1, 0.15) is 18.7 Å². The van der Waals surface area contributed by atoms with E-state index >= 15 is 0 Å². The number of alkyl halides is 1. The summed E-state index contributed by atoms with van der Waals surface area (Å²) in [5, 5.41) is 17.6. The zero-order chi connectivity index (χ0) is 13.5. The van der Waals surface area contributed by atoms with Crippen LogP contribution in [-0.4, -0.2) is 50.3 Å². The van der Waals surface area contributed by atoms with E-state index in [1.54, 1.807) is 6.92 Å². The van der Waals surface area contributed by atoms with Gasteiger partial charge in [-0.15, -0.1) is 14.8 Å². The second-order valence-electron chi connectivity index (χ2n) is 5.03. The third kappa shape index (κ3) is 2.25. The molecule has 0 spiro atoms. The summed E-state index contributed by atoms with van der Waals surface area (Å²) in [7, 11) is 0. The van der Waals surface area contributed by atoms with Crippen LogP contribution in [0.2, 0.25) is 0 Å². The molecule has 3 rings (SSSR count). The molecule has 0 aromatic carbocycles. The van der Waals surface area contributed by atoms with E-state index in [9.17, 15) is 4.39 Å². The van der Waals surface area contributed by atoms with Gasteiger partial charge in [0.25, 0.3) is 0 Å². The first-order valence-corrected chi connectivity index (χ1v) is 6.35. The molecule has 7 heteroatoms. The van der Waals surface area contributed by atoms with Gasteiger partial charge in [-0.2, -0.15) is 0 Å². The van der Waals surface area contributed by atoms with Crippen molar-refractivity contribution in [2.24, 2.45) is 0 Å². The zero-order valence-electron chi connectivity index (χ0n) is 10.8. The zero-order valence-corrected chi connectivity index (χ0v) is 10.8. The molecule has 1 atom stereocenters. The second kappa shape index (κ2) is 4.41. The lowest BCUT2D eigenvalue weighted by Crippen LogP contribution is -2.48. The lowest BCUT2D eigenvalue weighted by molar-refractivity contribution is 0.0565. The summed E-state index contributed by atoms with van der Waals surface area (Å²) in [4.78, 5) is 6.04. The number of hydrogen-bond acceptors (Lipinski definition) is 5. The number of aliphatic hydroxyl groups excluding tert-OH is 1. The van der Waals surface area contributed by atoms with E-state index in [0.717, 1.165) is 6.54 Å². The molecule has 3 heterocycles. The fourth-order valence-electron chi connectivity index (χ4n) is 2.46. The van der Waals surface area contributed by atoms with Crippen molar-refractivity contribution >= 4 is 11.5 Å². The van der Waals surface area contributed by atoms with Crippen LogP contribution < -0.4 is 4.90 Å². The minimum absolute atomic E-state index is 0.162. The highest BCUT2D eigenvalue weighted by atomic mass is 19.1. The number of aryl methyl sites for hydroxylation is 1. The number of fused-ring (bicyclic) bond motifs is 1. The van der Waals surface area contributed by atoms with Gasteiger partial charge in [-0.05, 0) is 31.9 Å². The van der Waals surface area contributed by atoms with Crippen LogP contribution in [0.25, 0.3) is 5.65 Å². The molecule has 0 aliphatic carbocycles. The molecule has 102 valence electrons. The maximum absolute atomic E-state index is 14.2. The Bertz CT molecular complexity index is 601. The van der Waals surface area contributed by atoms with Crippen LogP contribution >= 0.6 is 0 Å².